The fourth-order valence-corrected chi connectivity index (χ4v) is 2.09. The van der Waals surface area contributed by atoms with Crippen LogP contribution in [0.15, 0.2) is 0 Å². The van der Waals surface area contributed by atoms with Crippen LogP contribution < -0.4 is 0 Å². The van der Waals surface area contributed by atoms with Crippen molar-refractivity contribution in [3.05, 3.63) is 0 Å². The molecule has 6 nitrogen and oxygen atoms in total. The van der Waals surface area contributed by atoms with Crippen LogP contribution >= 0.6 is 0 Å². The second-order valence-corrected chi connectivity index (χ2v) is 6.99. The van der Waals surface area contributed by atoms with E-state index in [1.165, 1.54) is 0 Å². The van der Waals surface area contributed by atoms with E-state index in [0.29, 0.717) is 11.6 Å². The maximum Gasteiger partial charge on any atom is 0.228 e. The molecule has 0 heterocycles. The predicted octanol–water partition coefficient (Wildman–Crippen LogP) is 2.90. The Morgan fingerprint density at radius 2 is 1.83 bits per heavy atom. The summed E-state index contributed by atoms with van der Waals surface area (Å²) in [7, 11) is 1.82. The number of carbonyl (C=O) groups is 2. The Bertz CT molecular complexity index is 370. The second kappa shape index (κ2) is 10.7. The van der Waals surface area contributed by atoms with Gasteiger partial charge in [-0.1, -0.05) is 46.3 Å². The zero-order valence-corrected chi connectivity index (χ0v) is 15.6. The number of hydrogen-bond donors (Lipinski definition) is 1. The first-order valence-corrected chi connectivity index (χ1v) is 8.49. The standard InChI is InChI=1S/C17H34N2O4/c1-7-8-11-18(6)16(21)17(4,5)10-13-23-19(22)12-9-15(20)14(2)3/h14,22H,7-13H2,1-6H3. The summed E-state index contributed by atoms with van der Waals surface area (Å²) >= 11 is 0. The first-order valence-electron chi connectivity index (χ1n) is 8.49. The van der Waals surface area contributed by atoms with E-state index in [-0.39, 0.29) is 37.2 Å². The van der Waals surface area contributed by atoms with Crippen LogP contribution in [-0.4, -0.2) is 53.8 Å². The van der Waals surface area contributed by atoms with Crippen molar-refractivity contribution >= 4 is 11.7 Å². The topological polar surface area (TPSA) is 70.1 Å². The highest BCUT2D eigenvalue weighted by Crippen LogP contribution is 2.23. The Labute approximate surface area is 140 Å². The number of amides is 1. The van der Waals surface area contributed by atoms with Crippen molar-refractivity contribution in [3.8, 4) is 0 Å². The van der Waals surface area contributed by atoms with E-state index < -0.39 is 5.41 Å². The summed E-state index contributed by atoms with van der Waals surface area (Å²) in [5, 5.41) is 10.3. The minimum absolute atomic E-state index is 0.0430. The van der Waals surface area contributed by atoms with Gasteiger partial charge in [0.1, 0.15) is 5.78 Å². The van der Waals surface area contributed by atoms with Gasteiger partial charge in [-0.2, -0.15) is 0 Å². The lowest BCUT2D eigenvalue weighted by Gasteiger charge is -2.29. The van der Waals surface area contributed by atoms with E-state index >= 15 is 0 Å². The van der Waals surface area contributed by atoms with E-state index in [1.807, 2.05) is 34.7 Å². The van der Waals surface area contributed by atoms with Gasteiger partial charge >= 0.3 is 0 Å². The van der Waals surface area contributed by atoms with Crippen LogP contribution in [0.3, 0.4) is 0 Å². The van der Waals surface area contributed by atoms with Crippen molar-refractivity contribution in [1.82, 2.24) is 10.1 Å². The summed E-state index contributed by atoms with van der Waals surface area (Å²) in [5.41, 5.74) is -0.545. The number of nitrogens with zero attached hydrogens (tertiary/aromatic N) is 2. The summed E-state index contributed by atoms with van der Waals surface area (Å²) in [6.07, 6.45) is 2.78. The molecule has 0 saturated heterocycles. The summed E-state index contributed by atoms with van der Waals surface area (Å²) in [6.45, 7) is 10.6. The third kappa shape index (κ3) is 9.03. The Kier molecular flexibility index (Phi) is 10.3. The number of Topliss-reactive ketones (excluding diaryl/α,β-unsaturated/α-hetero) is 1. The summed E-state index contributed by atoms with van der Waals surface area (Å²) < 4.78 is 0. The van der Waals surface area contributed by atoms with Crippen LogP contribution in [0.25, 0.3) is 0 Å². The van der Waals surface area contributed by atoms with E-state index in [2.05, 4.69) is 6.92 Å². The van der Waals surface area contributed by atoms with Gasteiger partial charge < -0.3 is 4.90 Å². The molecular formula is C17H34N2O4. The molecule has 1 amide bonds. The maximum absolute atomic E-state index is 12.4. The molecule has 0 fully saturated rings. The van der Waals surface area contributed by atoms with E-state index in [1.54, 1.807) is 4.90 Å². The van der Waals surface area contributed by atoms with Gasteiger partial charge in [0, 0.05) is 31.3 Å². The van der Waals surface area contributed by atoms with Gasteiger partial charge in [0.15, 0.2) is 0 Å². The molecule has 6 heteroatoms. The van der Waals surface area contributed by atoms with Gasteiger partial charge in [-0.3, -0.25) is 19.6 Å². The van der Waals surface area contributed by atoms with Crippen molar-refractivity contribution in [3.63, 3.8) is 0 Å². The predicted molar refractivity (Wildman–Crippen MR) is 89.8 cm³/mol. The third-order valence-corrected chi connectivity index (χ3v) is 3.93. The fourth-order valence-electron chi connectivity index (χ4n) is 2.09. The Morgan fingerprint density at radius 3 is 2.35 bits per heavy atom. The maximum atomic E-state index is 12.4. The quantitative estimate of drug-likeness (QED) is 0.557. The Balaban J connectivity index is 4.13. The lowest BCUT2D eigenvalue weighted by molar-refractivity contribution is -0.341. The average Bonchev–Trinajstić information content (AvgIpc) is 2.48. The van der Waals surface area contributed by atoms with Crippen LogP contribution in [0.4, 0.5) is 0 Å². The number of hydroxylamine groups is 2. The summed E-state index contributed by atoms with van der Waals surface area (Å²) in [5.74, 6) is 0.119. The third-order valence-electron chi connectivity index (χ3n) is 3.93. The van der Waals surface area contributed by atoms with E-state index in [9.17, 15) is 14.8 Å². The highest BCUT2D eigenvalue weighted by molar-refractivity contribution is 5.81. The van der Waals surface area contributed by atoms with Gasteiger partial charge in [0.2, 0.25) is 5.91 Å². The molecule has 0 unspecified atom stereocenters. The largest absolute Gasteiger partial charge is 0.345 e. The molecule has 0 aliphatic rings. The van der Waals surface area contributed by atoms with Crippen molar-refractivity contribution in [2.45, 2.75) is 60.3 Å². The van der Waals surface area contributed by atoms with E-state index in [0.717, 1.165) is 19.4 Å². The second-order valence-electron chi connectivity index (χ2n) is 6.99. The van der Waals surface area contributed by atoms with Crippen LogP contribution in [-0.2, 0) is 14.4 Å². The number of unbranched alkanes of at least 4 members (excludes halogenated alkanes) is 1. The molecule has 136 valence electrons. The first kappa shape index (κ1) is 22.0. The molecule has 0 aliphatic heterocycles. The molecule has 0 aliphatic carbocycles. The van der Waals surface area contributed by atoms with Crippen LogP contribution in [0, 0.1) is 11.3 Å². The van der Waals surface area contributed by atoms with Gasteiger partial charge in [-0.05, 0) is 12.8 Å². The van der Waals surface area contributed by atoms with Crippen molar-refractivity contribution < 1.29 is 19.6 Å². The number of carbonyl (C=O) groups excluding carboxylic acids is 2. The molecule has 0 bridgehead atoms. The van der Waals surface area contributed by atoms with Gasteiger partial charge in [0.25, 0.3) is 0 Å². The van der Waals surface area contributed by atoms with E-state index in [4.69, 9.17) is 4.84 Å². The number of hydrogen-bond acceptors (Lipinski definition) is 5. The van der Waals surface area contributed by atoms with Gasteiger partial charge in [-0.15, -0.1) is 0 Å². The summed E-state index contributed by atoms with van der Waals surface area (Å²) in [6, 6.07) is 0. The zero-order valence-electron chi connectivity index (χ0n) is 15.6. The van der Waals surface area contributed by atoms with Gasteiger partial charge in [0.05, 0.1) is 13.2 Å². The molecule has 23 heavy (non-hydrogen) atoms. The molecule has 0 atom stereocenters. The normalized spacial score (nSPS) is 12.0. The molecule has 0 aromatic heterocycles. The molecule has 0 aromatic rings. The monoisotopic (exact) mass is 330 g/mol. The number of rotatable bonds is 12. The molecule has 0 aromatic carbocycles. The lowest BCUT2D eigenvalue weighted by Crippen LogP contribution is -2.40. The smallest absolute Gasteiger partial charge is 0.228 e. The zero-order chi connectivity index (χ0) is 18.0. The molecule has 0 spiro atoms. The summed E-state index contributed by atoms with van der Waals surface area (Å²) in [4.78, 5) is 30.8. The van der Waals surface area contributed by atoms with Gasteiger partial charge in [-0.25, -0.2) is 0 Å². The fraction of sp³-hybridized carbons (Fsp3) is 0.882. The molecular weight excluding hydrogens is 296 g/mol. The average molecular weight is 330 g/mol. The molecule has 1 N–H and O–H groups in total. The highest BCUT2D eigenvalue weighted by atomic mass is 16.9. The van der Waals surface area contributed by atoms with Crippen LogP contribution in [0.5, 0.6) is 0 Å². The van der Waals surface area contributed by atoms with Crippen molar-refractivity contribution in [1.29, 1.82) is 0 Å². The van der Waals surface area contributed by atoms with Crippen molar-refractivity contribution in [2.24, 2.45) is 11.3 Å². The number of ketones is 1. The molecule has 0 rings (SSSR count). The van der Waals surface area contributed by atoms with Crippen molar-refractivity contribution in [2.75, 3.05) is 26.7 Å². The minimum atomic E-state index is -0.545. The Morgan fingerprint density at radius 1 is 1.22 bits per heavy atom. The Hall–Kier alpha value is -0.980. The molecule has 0 saturated carbocycles. The minimum Gasteiger partial charge on any atom is -0.345 e. The SMILES string of the molecule is CCCCN(C)C(=O)C(C)(C)CCON(O)CCC(=O)C(C)C. The van der Waals surface area contributed by atoms with Crippen LogP contribution in [0.2, 0.25) is 0 Å². The first-order chi connectivity index (χ1) is 10.6. The highest BCUT2D eigenvalue weighted by Gasteiger charge is 2.30. The lowest BCUT2D eigenvalue weighted by atomic mass is 9.88. The molecule has 0 radical (unpaired) electrons. The van der Waals surface area contributed by atoms with Crippen LogP contribution in [0.1, 0.15) is 60.3 Å².